The summed E-state index contributed by atoms with van der Waals surface area (Å²) in [7, 11) is -2.58. The van der Waals surface area contributed by atoms with Gasteiger partial charge >= 0.3 is 0 Å². The van der Waals surface area contributed by atoms with Gasteiger partial charge in [0.1, 0.15) is 11.6 Å². The quantitative estimate of drug-likeness (QED) is 0.545. The molecule has 0 atom stereocenters. The van der Waals surface area contributed by atoms with E-state index in [9.17, 15) is 22.0 Å². The molecule has 2 aromatic carbocycles. The molecule has 2 aromatic rings. The van der Waals surface area contributed by atoms with E-state index in [1.165, 1.54) is 41.8 Å². The third-order valence-electron chi connectivity index (χ3n) is 3.09. The van der Waals surface area contributed by atoms with Crippen LogP contribution in [0.1, 0.15) is 0 Å². The Kier molecular flexibility index (Phi) is 5.88. The Balaban J connectivity index is 2.10. The standard InChI is InChI=1S/C15H13F2IN2O3S/c1-20(24(22,23)11-5-3-2-4-6-11)9-14(21)19-10-7-12(16)15(18)13(17)8-10/h2-8H,9H2,1H3,(H,19,21). The fraction of sp³-hybridized carbons (Fsp3) is 0.133. The highest BCUT2D eigenvalue weighted by atomic mass is 127. The zero-order valence-corrected chi connectivity index (χ0v) is 15.4. The average molecular weight is 466 g/mol. The van der Waals surface area contributed by atoms with Crippen LogP contribution in [0.4, 0.5) is 14.5 Å². The minimum absolute atomic E-state index is 0.0478. The van der Waals surface area contributed by atoms with E-state index in [1.54, 1.807) is 18.2 Å². The zero-order valence-electron chi connectivity index (χ0n) is 12.5. The number of carbonyl (C=O) groups excluding carboxylic acids is 1. The largest absolute Gasteiger partial charge is 0.325 e. The van der Waals surface area contributed by atoms with Gasteiger partial charge < -0.3 is 5.32 Å². The number of nitrogens with zero attached hydrogens (tertiary/aromatic N) is 1. The average Bonchev–Trinajstić information content (AvgIpc) is 2.53. The molecule has 0 aliphatic carbocycles. The van der Waals surface area contributed by atoms with Crippen LogP contribution >= 0.6 is 22.6 Å². The van der Waals surface area contributed by atoms with Gasteiger partial charge in [-0.05, 0) is 46.9 Å². The Morgan fingerprint density at radius 2 is 1.71 bits per heavy atom. The number of amides is 1. The minimum atomic E-state index is -3.83. The van der Waals surface area contributed by atoms with Crippen molar-refractivity contribution in [2.24, 2.45) is 0 Å². The van der Waals surface area contributed by atoms with Gasteiger partial charge in [-0.25, -0.2) is 17.2 Å². The highest BCUT2D eigenvalue weighted by molar-refractivity contribution is 14.1. The van der Waals surface area contributed by atoms with Gasteiger partial charge in [0.05, 0.1) is 15.0 Å². The second kappa shape index (κ2) is 7.53. The lowest BCUT2D eigenvalue weighted by molar-refractivity contribution is -0.116. The molecule has 0 saturated carbocycles. The van der Waals surface area contributed by atoms with E-state index in [0.29, 0.717) is 0 Å². The minimum Gasteiger partial charge on any atom is -0.325 e. The monoisotopic (exact) mass is 466 g/mol. The van der Waals surface area contributed by atoms with Crippen LogP contribution in [0.15, 0.2) is 47.4 Å². The summed E-state index contributed by atoms with van der Waals surface area (Å²) in [6.45, 7) is -0.494. The summed E-state index contributed by atoms with van der Waals surface area (Å²) in [5.41, 5.74) is -0.0825. The number of carbonyl (C=O) groups is 1. The summed E-state index contributed by atoms with van der Waals surface area (Å²) in [4.78, 5) is 12.0. The molecule has 2 rings (SSSR count). The van der Waals surface area contributed by atoms with E-state index in [1.807, 2.05) is 0 Å². The summed E-state index contributed by atoms with van der Waals surface area (Å²) in [5, 5.41) is 2.28. The number of benzene rings is 2. The van der Waals surface area contributed by atoms with E-state index < -0.39 is 34.1 Å². The van der Waals surface area contributed by atoms with Crippen molar-refractivity contribution in [2.75, 3.05) is 18.9 Å². The van der Waals surface area contributed by atoms with E-state index in [2.05, 4.69) is 5.32 Å². The van der Waals surface area contributed by atoms with Crippen molar-refractivity contribution >= 4 is 44.2 Å². The summed E-state index contributed by atoms with van der Waals surface area (Å²) < 4.78 is 52.2. The molecule has 9 heteroatoms. The maximum atomic E-state index is 13.5. The molecule has 0 radical (unpaired) electrons. The van der Waals surface area contributed by atoms with Crippen molar-refractivity contribution in [2.45, 2.75) is 4.90 Å². The number of anilines is 1. The SMILES string of the molecule is CN(CC(=O)Nc1cc(F)c(I)c(F)c1)S(=O)(=O)c1ccccc1. The van der Waals surface area contributed by atoms with Crippen molar-refractivity contribution in [1.82, 2.24) is 4.31 Å². The highest BCUT2D eigenvalue weighted by Gasteiger charge is 2.22. The van der Waals surface area contributed by atoms with Crippen molar-refractivity contribution in [1.29, 1.82) is 0 Å². The van der Waals surface area contributed by atoms with Crippen LogP contribution in [0, 0.1) is 15.2 Å². The summed E-state index contributed by atoms with van der Waals surface area (Å²) >= 11 is 1.51. The van der Waals surface area contributed by atoms with Crippen LogP contribution in [-0.2, 0) is 14.8 Å². The molecule has 0 aliphatic rings. The molecular weight excluding hydrogens is 453 g/mol. The molecule has 0 spiro atoms. The number of nitrogens with one attached hydrogen (secondary N) is 1. The first-order chi connectivity index (χ1) is 11.2. The lowest BCUT2D eigenvalue weighted by Crippen LogP contribution is -2.35. The van der Waals surface area contributed by atoms with Gasteiger partial charge in [0.25, 0.3) is 0 Å². The number of hydrogen-bond donors (Lipinski definition) is 1. The van der Waals surface area contributed by atoms with Crippen LogP contribution < -0.4 is 5.32 Å². The Hall–Kier alpha value is -1.59. The molecule has 0 heterocycles. The van der Waals surface area contributed by atoms with Crippen molar-refractivity contribution < 1.29 is 22.0 Å². The first-order valence-corrected chi connectivity index (χ1v) is 9.19. The van der Waals surface area contributed by atoms with Crippen molar-refractivity contribution in [3.63, 3.8) is 0 Å². The molecule has 24 heavy (non-hydrogen) atoms. The number of halogens is 3. The van der Waals surface area contributed by atoms with Crippen molar-refractivity contribution in [3.8, 4) is 0 Å². The molecule has 0 aliphatic heterocycles. The molecule has 1 N–H and O–H groups in total. The summed E-state index contributed by atoms with van der Waals surface area (Å²) in [6, 6.07) is 9.56. The number of rotatable bonds is 5. The molecule has 1 amide bonds. The van der Waals surface area contributed by atoms with Crippen LogP contribution in [0.25, 0.3) is 0 Å². The predicted molar refractivity (Wildman–Crippen MR) is 94.0 cm³/mol. The first-order valence-electron chi connectivity index (χ1n) is 6.67. The maximum absolute atomic E-state index is 13.5. The van der Waals surface area contributed by atoms with Gasteiger partial charge in [-0.3, -0.25) is 4.79 Å². The Morgan fingerprint density at radius 1 is 1.17 bits per heavy atom. The fourth-order valence-corrected chi connectivity index (χ4v) is 3.35. The molecule has 0 unspecified atom stereocenters. The normalized spacial score (nSPS) is 11.5. The molecule has 128 valence electrons. The lowest BCUT2D eigenvalue weighted by Gasteiger charge is -2.17. The third kappa shape index (κ3) is 4.28. The molecule has 0 aromatic heterocycles. The Labute approximate surface area is 151 Å². The van der Waals surface area contributed by atoms with Gasteiger partial charge in [-0.1, -0.05) is 18.2 Å². The van der Waals surface area contributed by atoms with Crippen LogP contribution in [-0.4, -0.2) is 32.2 Å². The van der Waals surface area contributed by atoms with Gasteiger partial charge in [-0.15, -0.1) is 0 Å². The topological polar surface area (TPSA) is 66.5 Å². The predicted octanol–water partition coefficient (Wildman–Crippen LogP) is 2.83. The van der Waals surface area contributed by atoms with Crippen LogP contribution in [0.3, 0.4) is 0 Å². The molecule has 0 fully saturated rings. The second-order valence-electron chi connectivity index (χ2n) is 4.88. The number of hydrogen-bond acceptors (Lipinski definition) is 3. The third-order valence-corrected chi connectivity index (χ3v) is 5.93. The Bertz CT molecular complexity index is 837. The van der Waals surface area contributed by atoms with E-state index in [4.69, 9.17) is 0 Å². The van der Waals surface area contributed by atoms with E-state index in [-0.39, 0.29) is 14.2 Å². The van der Waals surface area contributed by atoms with Gasteiger partial charge in [0.2, 0.25) is 15.9 Å². The lowest BCUT2D eigenvalue weighted by atomic mass is 10.3. The van der Waals surface area contributed by atoms with Gasteiger partial charge in [-0.2, -0.15) is 4.31 Å². The molecule has 5 nitrogen and oxygen atoms in total. The zero-order chi connectivity index (χ0) is 17.9. The first kappa shape index (κ1) is 18.7. The van der Waals surface area contributed by atoms with Crippen LogP contribution in [0.2, 0.25) is 0 Å². The summed E-state index contributed by atoms with van der Waals surface area (Å²) in [6.07, 6.45) is 0. The van der Waals surface area contributed by atoms with Crippen molar-refractivity contribution in [3.05, 3.63) is 57.7 Å². The summed E-state index contributed by atoms with van der Waals surface area (Å²) in [5.74, 6) is -2.33. The fourth-order valence-electron chi connectivity index (χ4n) is 1.89. The maximum Gasteiger partial charge on any atom is 0.243 e. The van der Waals surface area contributed by atoms with Crippen LogP contribution in [0.5, 0.6) is 0 Å². The smallest absolute Gasteiger partial charge is 0.243 e. The highest BCUT2D eigenvalue weighted by Crippen LogP contribution is 2.20. The Morgan fingerprint density at radius 3 is 2.25 bits per heavy atom. The molecule has 0 saturated heterocycles. The van der Waals surface area contributed by atoms with Gasteiger partial charge in [0, 0.05) is 12.7 Å². The molecule has 0 bridgehead atoms. The number of likely N-dealkylation sites (N-methyl/N-ethyl adjacent to an activating group) is 1. The van der Waals surface area contributed by atoms with E-state index >= 15 is 0 Å². The molecular formula is C15H13F2IN2O3S. The van der Waals surface area contributed by atoms with E-state index in [0.717, 1.165) is 16.4 Å². The second-order valence-corrected chi connectivity index (χ2v) is 8.00. The number of sulfonamides is 1. The van der Waals surface area contributed by atoms with Gasteiger partial charge in [0.15, 0.2) is 0 Å².